The van der Waals surface area contributed by atoms with Crippen LogP contribution in [-0.2, 0) is 0 Å². The molecule has 1 N–H and O–H groups in total. The van der Waals surface area contributed by atoms with Gasteiger partial charge < -0.3 is 19.4 Å². The van der Waals surface area contributed by atoms with Crippen LogP contribution in [0.2, 0.25) is 0 Å². The third kappa shape index (κ3) is 2.47. The maximum absolute atomic E-state index is 12.8. The number of hydrogen-bond donors (Lipinski definition) is 1. The van der Waals surface area contributed by atoms with Crippen molar-refractivity contribution in [3.05, 3.63) is 36.3 Å². The largest absolute Gasteiger partial charge is 0.454 e. The lowest BCUT2D eigenvalue weighted by Gasteiger charge is -2.26. The monoisotopic (exact) mass is 350 g/mol. The number of ether oxygens (including phenoxy) is 2. The number of nitrogens with one attached hydrogen (secondary N) is 1. The highest BCUT2D eigenvalue weighted by Gasteiger charge is 2.22. The maximum Gasteiger partial charge on any atom is 0.270 e. The van der Waals surface area contributed by atoms with Crippen molar-refractivity contribution in [1.82, 2.24) is 19.9 Å². The molecule has 0 aliphatic carbocycles. The molecule has 4 heterocycles. The van der Waals surface area contributed by atoms with Gasteiger partial charge in [0.1, 0.15) is 17.7 Å². The van der Waals surface area contributed by atoms with Gasteiger partial charge in [-0.15, -0.1) is 0 Å². The summed E-state index contributed by atoms with van der Waals surface area (Å²) in [6, 6.07) is 7.57. The summed E-state index contributed by atoms with van der Waals surface area (Å²) >= 11 is 0. The second-order valence-electron chi connectivity index (χ2n) is 6.59. The van der Waals surface area contributed by atoms with Gasteiger partial charge in [-0.3, -0.25) is 4.79 Å². The average molecular weight is 350 g/mol. The van der Waals surface area contributed by atoms with E-state index in [-0.39, 0.29) is 12.7 Å². The van der Waals surface area contributed by atoms with Gasteiger partial charge in [-0.2, -0.15) is 0 Å². The smallest absolute Gasteiger partial charge is 0.270 e. The SMILES string of the molecule is O=C(c1cc2c(-c3ccc4c(c3)OCO4)ncnc2[nH]1)N1CCCCC1. The summed E-state index contributed by atoms with van der Waals surface area (Å²) in [7, 11) is 0. The van der Waals surface area contributed by atoms with E-state index in [9.17, 15) is 4.79 Å². The van der Waals surface area contributed by atoms with Crippen LogP contribution in [0.25, 0.3) is 22.3 Å². The van der Waals surface area contributed by atoms with E-state index in [1.807, 2.05) is 29.2 Å². The summed E-state index contributed by atoms with van der Waals surface area (Å²) in [5, 5.41) is 0.826. The minimum atomic E-state index is 0.0272. The van der Waals surface area contributed by atoms with Gasteiger partial charge >= 0.3 is 0 Å². The van der Waals surface area contributed by atoms with Gasteiger partial charge in [-0.05, 0) is 43.5 Å². The standard InChI is InChI=1S/C19H18N4O3/c24-19(23-6-2-1-3-7-23)14-9-13-17(20-10-21-18(13)22-14)12-4-5-15-16(8-12)26-11-25-15/h4-5,8-10H,1-3,6-7,11H2,(H,20,21,22). The Morgan fingerprint density at radius 3 is 2.77 bits per heavy atom. The van der Waals surface area contributed by atoms with E-state index in [1.54, 1.807) is 0 Å². The van der Waals surface area contributed by atoms with Crippen molar-refractivity contribution in [1.29, 1.82) is 0 Å². The molecule has 26 heavy (non-hydrogen) atoms. The molecule has 0 saturated carbocycles. The summed E-state index contributed by atoms with van der Waals surface area (Å²) in [4.78, 5) is 26.6. The highest BCUT2D eigenvalue weighted by Crippen LogP contribution is 2.37. The van der Waals surface area contributed by atoms with Crippen molar-refractivity contribution in [3.63, 3.8) is 0 Å². The van der Waals surface area contributed by atoms with Gasteiger partial charge in [0.2, 0.25) is 6.79 Å². The fourth-order valence-electron chi connectivity index (χ4n) is 3.60. The normalized spacial score (nSPS) is 16.2. The Morgan fingerprint density at radius 1 is 1.04 bits per heavy atom. The first-order chi connectivity index (χ1) is 12.8. The second kappa shape index (κ2) is 6.01. The molecule has 2 aliphatic rings. The van der Waals surface area contributed by atoms with Crippen molar-refractivity contribution in [2.24, 2.45) is 0 Å². The van der Waals surface area contributed by atoms with Crippen molar-refractivity contribution >= 4 is 16.9 Å². The zero-order chi connectivity index (χ0) is 17.5. The van der Waals surface area contributed by atoms with Crippen LogP contribution in [0.15, 0.2) is 30.6 Å². The zero-order valence-electron chi connectivity index (χ0n) is 14.2. The molecule has 0 unspecified atom stereocenters. The number of nitrogens with zero attached hydrogens (tertiary/aromatic N) is 3. The average Bonchev–Trinajstić information content (AvgIpc) is 3.33. The first-order valence-corrected chi connectivity index (χ1v) is 8.82. The van der Waals surface area contributed by atoms with Gasteiger partial charge in [0.25, 0.3) is 5.91 Å². The Morgan fingerprint density at radius 2 is 1.88 bits per heavy atom. The molecule has 3 aromatic rings. The van der Waals surface area contributed by atoms with Crippen LogP contribution in [0, 0.1) is 0 Å². The molecule has 0 spiro atoms. The number of carbonyl (C=O) groups is 1. The molecule has 7 heteroatoms. The van der Waals surface area contributed by atoms with Gasteiger partial charge in [-0.1, -0.05) is 0 Å². The molecule has 132 valence electrons. The molecule has 0 bridgehead atoms. The first kappa shape index (κ1) is 15.2. The fraction of sp³-hybridized carbons (Fsp3) is 0.316. The fourth-order valence-corrected chi connectivity index (χ4v) is 3.60. The van der Waals surface area contributed by atoms with E-state index in [0.717, 1.165) is 48.3 Å². The summed E-state index contributed by atoms with van der Waals surface area (Å²) in [6.07, 6.45) is 4.83. The zero-order valence-corrected chi connectivity index (χ0v) is 14.2. The van der Waals surface area contributed by atoms with E-state index in [2.05, 4.69) is 15.0 Å². The number of carbonyl (C=O) groups excluding carboxylic acids is 1. The lowest BCUT2D eigenvalue weighted by molar-refractivity contribution is 0.0719. The minimum Gasteiger partial charge on any atom is -0.454 e. The van der Waals surface area contributed by atoms with Gasteiger partial charge in [0.15, 0.2) is 11.5 Å². The third-order valence-corrected chi connectivity index (χ3v) is 4.95. The lowest BCUT2D eigenvalue weighted by Crippen LogP contribution is -2.35. The molecular weight excluding hydrogens is 332 g/mol. The van der Waals surface area contributed by atoms with Crippen LogP contribution in [-0.4, -0.2) is 45.6 Å². The van der Waals surface area contributed by atoms with E-state index >= 15 is 0 Å². The molecule has 2 aromatic heterocycles. The molecule has 0 atom stereocenters. The van der Waals surface area contributed by atoms with Gasteiger partial charge in [-0.25, -0.2) is 9.97 Å². The van der Waals surface area contributed by atoms with E-state index in [0.29, 0.717) is 17.1 Å². The molecule has 1 amide bonds. The van der Waals surface area contributed by atoms with Crippen molar-refractivity contribution in [2.45, 2.75) is 19.3 Å². The maximum atomic E-state index is 12.8. The summed E-state index contributed by atoms with van der Waals surface area (Å²) < 4.78 is 10.8. The van der Waals surface area contributed by atoms with Gasteiger partial charge in [0.05, 0.1) is 5.69 Å². The molecule has 1 saturated heterocycles. The molecule has 5 rings (SSSR count). The summed E-state index contributed by atoms with van der Waals surface area (Å²) in [5.41, 5.74) is 2.89. The highest BCUT2D eigenvalue weighted by molar-refractivity contribution is 6.00. The van der Waals surface area contributed by atoms with Crippen LogP contribution in [0.1, 0.15) is 29.8 Å². The second-order valence-corrected chi connectivity index (χ2v) is 6.59. The van der Waals surface area contributed by atoms with Gasteiger partial charge in [0, 0.05) is 24.0 Å². The number of hydrogen-bond acceptors (Lipinski definition) is 5. The molecule has 0 radical (unpaired) electrons. The Balaban J connectivity index is 1.55. The van der Waals surface area contributed by atoms with Crippen LogP contribution >= 0.6 is 0 Å². The molecule has 7 nitrogen and oxygen atoms in total. The number of rotatable bonds is 2. The van der Waals surface area contributed by atoms with E-state index < -0.39 is 0 Å². The topological polar surface area (TPSA) is 80.3 Å². The van der Waals surface area contributed by atoms with Crippen LogP contribution in [0.5, 0.6) is 11.5 Å². The number of piperidine rings is 1. The number of likely N-dealkylation sites (tertiary alicyclic amines) is 1. The minimum absolute atomic E-state index is 0.0272. The quantitative estimate of drug-likeness (QED) is 0.768. The number of fused-ring (bicyclic) bond motifs is 2. The lowest BCUT2D eigenvalue weighted by atomic mass is 10.1. The summed E-state index contributed by atoms with van der Waals surface area (Å²) in [6.45, 7) is 1.86. The predicted molar refractivity (Wildman–Crippen MR) is 95.2 cm³/mol. The molecular formula is C19H18N4O3. The number of H-pyrrole nitrogens is 1. The Bertz CT molecular complexity index is 992. The van der Waals surface area contributed by atoms with E-state index in [1.165, 1.54) is 12.7 Å². The Hall–Kier alpha value is -3.09. The third-order valence-electron chi connectivity index (χ3n) is 4.95. The summed E-state index contributed by atoms with van der Waals surface area (Å²) in [5.74, 6) is 1.46. The molecule has 2 aliphatic heterocycles. The number of benzene rings is 1. The number of aromatic amines is 1. The van der Waals surface area contributed by atoms with Crippen LogP contribution in [0.4, 0.5) is 0 Å². The van der Waals surface area contributed by atoms with Crippen molar-refractivity contribution in [2.75, 3.05) is 19.9 Å². The number of aromatic nitrogens is 3. The molecule has 1 fully saturated rings. The Kier molecular flexibility index (Phi) is 3.51. The molecule has 1 aromatic carbocycles. The highest BCUT2D eigenvalue weighted by atomic mass is 16.7. The van der Waals surface area contributed by atoms with Crippen molar-refractivity contribution < 1.29 is 14.3 Å². The predicted octanol–water partition coefficient (Wildman–Crippen LogP) is 2.98. The first-order valence-electron chi connectivity index (χ1n) is 8.82. The Labute approximate surface area is 150 Å². The van der Waals surface area contributed by atoms with Crippen molar-refractivity contribution in [3.8, 4) is 22.8 Å². The van der Waals surface area contributed by atoms with Crippen LogP contribution < -0.4 is 9.47 Å². The number of amides is 1. The van der Waals surface area contributed by atoms with E-state index in [4.69, 9.17) is 9.47 Å². The van der Waals surface area contributed by atoms with Crippen LogP contribution in [0.3, 0.4) is 0 Å².